The Hall–Kier alpha value is -3.33. The van der Waals surface area contributed by atoms with E-state index in [0.717, 1.165) is 5.69 Å². The fourth-order valence-electron chi connectivity index (χ4n) is 3.09. The van der Waals surface area contributed by atoms with E-state index in [9.17, 15) is 9.18 Å². The van der Waals surface area contributed by atoms with Crippen LogP contribution < -0.4 is 22.1 Å². The number of guanidine groups is 2. The van der Waals surface area contributed by atoms with Gasteiger partial charge in [-0.3, -0.25) is 4.79 Å². The highest BCUT2D eigenvalue weighted by Crippen LogP contribution is 2.32. The van der Waals surface area contributed by atoms with Gasteiger partial charge in [0.15, 0.2) is 5.96 Å². The number of hydrogen-bond acceptors (Lipinski definition) is 3. The number of anilines is 1. The Bertz CT molecular complexity index is 967. The summed E-state index contributed by atoms with van der Waals surface area (Å²) in [6.07, 6.45) is 0. The molecule has 0 aromatic heterocycles. The van der Waals surface area contributed by atoms with E-state index in [1.807, 2.05) is 11.0 Å². The molecule has 1 saturated heterocycles. The summed E-state index contributed by atoms with van der Waals surface area (Å²) in [4.78, 5) is 24.2. The second-order valence-electron chi connectivity index (χ2n) is 6.40. The zero-order valence-electron chi connectivity index (χ0n) is 15.6. The number of carbonyl (C=O) groups excluding carboxylic acids is 1. The molecule has 0 bridgehead atoms. The lowest BCUT2D eigenvalue weighted by Crippen LogP contribution is -2.49. The van der Waals surface area contributed by atoms with Crippen molar-refractivity contribution in [3.05, 3.63) is 58.9 Å². The fraction of sp³-hybridized carbons (Fsp3) is 0.211. The molecular weight excluding hydrogens is 397 g/mol. The molecule has 3 rings (SSSR count). The van der Waals surface area contributed by atoms with Crippen LogP contribution >= 0.6 is 11.6 Å². The lowest BCUT2D eigenvalue weighted by molar-refractivity contribution is 0.0742. The minimum absolute atomic E-state index is 0.0720. The summed E-state index contributed by atoms with van der Waals surface area (Å²) in [7, 11) is 0. The van der Waals surface area contributed by atoms with Gasteiger partial charge in [-0.15, -0.1) is 0 Å². The van der Waals surface area contributed by atoms with Gasteiger partial charge in [-0.05, 0) is 30.3 Å². The molecule has 2 aromatic rings. The first-order valence-electron chi connectivity index (χ1n) is 8.87. The Morgan fingerprint density at radius 3 is 2.38 bits per heavy atom. The number of rotatable bonds is 3. The van der Waals surface area contributed by atoms with E-state index in [0.29, 0.717) is 36.9 Å². The summed E-state index contributed by atoms with van der Waals surface area (Å²) in [5.41, 5.74) is 17.8. The summed E-state index contributed by atoms with van der Waals surface area (Å²) in [6.45, 7) is 1.93. The van der Waals surface area contributed by atoms with Gasteiger partial charge in [0, 0.05) is 31.2 Å². The lowest BCUT2D eigenvalue weighted by atomic mass is 10.1. The largest absolute Gasteiger partial charge is 0.370 e. The first kappa shape index (κ1) is 20.4. The number of carbonyl (C=O) groups is 1. The van der Waals surface area contributed by atoms with Crippen molar-refractivity contribution in [1.82, 2.24) is 4.90 Å². The predicted octanol–water partition coefficient (Wildman–Crippen LogP) is 1.66. The monoisotopic (exact) mass is 417 g/mol. The Labute approximate surface area is 172 Å². The molecule has 1 amide bonds. The molecule has 0 spiro atoms. The van der Waals surface area contributed by atoms with Crippen molar-refractivity contribution in [2.45, 2.75) is 0 Å². The summed E-state index contributed by atoms with van der Waals surface area (Å²) < 4.78 is 13.9. The van der Waals surface area contributed by atoms with Crippen LogP contribution in [0.15, 0.2) is 52.4 Å². The van der Waals surface area contributed by atoms with Crippen LogP contribution in [0.2, 0.25) is 5.02 Å². The van der Waals surface area contributed by atoms with Gasteiger partial charge < -0.3 is 27.0 Å². The summed E-state index contributed by atoms with van der Waals surface area (Å²) in [6, 6.07) is 11.2. The molecule has 6 N–H and O–H groups in total. The highest BCUT2D eigenvalue weighted by atomic mass is 35.5. The minimum atomic E-state index is -0.524. The number of nitrogens with zero attached hydrogens (tertiary/aromatic N) is 4. The third-order valence-corrected chi connectivity index (χ3v) is 4.66. The maximum Gasteiger partial charge on any atom is 0.256 e. The van der Waals surface area contributed by atoms with Crippen LogP contribution in [0, 0.1) is 5.82 Å². The molecule has 0 aliphatic carbocycles. The second kappa shape index (κ2) is 8.78. The molecule has 152 valence electrons. The van der Waals surface area contributed by atoms with E-state index in [4.69, 9.17) is 28.8 Å². The zero-order chi connectivity index (χ0) is 21.0. The number of nitrogens with two attached hydrogens (primary N) is 3. The molecule has 1 heterocycles. The molecule has 2 aromatic carbocycles. The van der Waals surface area contributed by atoms with Crippen molar-refractivity contribution in [3.63, 3.8) is 0 Å². The molecule has 8 nitrogen and oxygen atoms in total. The van der Waals surface area contributed by atoms with Crippen LogP contribution in [0.25, 0.3) is 0 Å². The smallest absolute Gasteiger partial charge is 0.256 e. The Balaban J connectivity index is 1.77. The van der Waals surface area contributed by atoms with E-state index in [1.54, 1.807) is 29.2 Å². The number of piperazine rings is 1. The van der Waals surface area contributed by atoms with Crippen LogP contribution in [0.5, 0.6) is 0 Å². The molecule has 0 radical (unpaired) electrons. The number of benzene rings is 2. The van der Waals surface area contributed by atoms with Gasteiger partial charge in [-0.1, -0.05) is 23.7 Å². The normalized spacial score (nSPS) is 14.6. The lowest BCUT2D eigenvalue weighted by Gasteiger charge is -2.36. The molecule has 0 unspecified atom stereocenters. The standard InChI is InChI=1S/C19H21ClFN7O/c20-12-5-6-16(15(11-12)25-19(24)26-18(22)23)27-7-9-28(10-8-27)17(29)13-3-1-2-4-14(13)21/h1-6,11H,7-10H2,(H6,22,23,24,25,26). The number of aliphatic imine (C=N–C) groups is 2. The van der Waals surface area contributed by atoms with Crippen molar-refractivity contribution < 1.29 is 9.18 Å². The first-order chi connectivity index (χ1) is 13.8. The molecular formula is C19H21ClFN7O. The molecule has 0 atom stereocenters. The molecule has 10 heteroatoms. The maximum absolute atomic E-state index is 13.9. The zero-order valence-corrected chi connectivity index (χ0v) is 16.3. The van der Waals surface area contributed by atoms with Gasteiger partial charge in [-0.2, -0.15) is 4.99 Å². The maximum atomic E-state index is 13.9. The van der Waals surface area contributed by atoms with Gasteiger partial charge in [0.1, 0.15) is 5.82 Å². The van der Waals surface area contributed by atoms with Crippen LogP contribution in [0.1, 0.15) is 10.4 Å². The van der Waals surface area contributed by atoms with Crippen LogP contribution in [-0.2, 0) is 0 Å². The first-order valence-corrected chi connectivity index (χ1v) is 9.25. The van der Waals surface area contributed by atoms with Crippen molar-refractivity contribution in [2.75, 3.05) is 31.1 Å². The number of halogens is 2. The van der Waals surface area contributed by atoms with E-state index in [-0.39, 0.29) is 23.4 Å². The Morgan fingerprint density at radius 1 is 1.03 bits per heavy atom. The van der Waals surface area contributed by atoms with E-state index in [1.165, 1.54) is 12.1 Å². The Kier molecular flexibility index (Phi) is 6.18. The molecule has 1 fully saturated rings. The van der Waals surface area contributed by atoms with Gasteiger partial charge in [-0.25, -0.2) is 9.38 Å². The molecule has 29 heavy (non-hydrogen) atoms. The quantitative estimate of drug-likeness (QED) is 0.517. The topological polar surface area (TPSA) is 126 Å². The number of hydrogen-bond donors (Lipinski definition) is 3. The predicted molar refractivity (Wildman–Crippen MR) is 113 cm³/mol. The summed E-state index contributed by atoms with van der Waals surface area (Å²) >= 11 is 6.09. The van der Waals surface area contributed by atoms with E-state index >= 15 is 0 Å². The fourth-order valence-corrected chi connectivity index (χ4v) is 3.26. The summed E-state index contributed by atoms with van der Waals surface area (Å²) in [5.74, 6) is -1.14. The summed E-state index contributed by atoms with van der Waals surface area (Å²) in [5, 5.41) is 0.485. The van der Waals surface area contributed by atoms with Crippen molar-refractivity contribution in [2.24, 2.45) is 27.2 Å². The van der Waals surface area contributed by atoms with Gasteiger partial charge in [0.2, 0.25) is 5.96 Å². The highest BCUT2D eigenvalue weighted by molar-refractivity contribution is 6.31. The second-order valence-corrected chi connectivity index (χ2v) is 6.84. The van der Waals surface area contributed by atoms with Crippen molar-refractivity contribution >= 4 is 40.8 Å². The average molecular weight is 418 g/mol. The average Bonchev–Trinajstić information content (AvgIpc) is 2.67. The van der Waals surface area contributed by atoms with Gasteiger partial charge >= 0.3 is 0 Å². The van der Waals surface area contributed by atoms with Crippen LogP contribution in [0.4, 0.5) is 15.8 Å². The van der Waals surface area contributed by atoms with Crippen molar-refractivity contribution in [1.29, 1.82) is 0 Å². The van der Waals surface area contributed by atoms with E-state index < -0.39 is 5.82 Å². The highest BCUT2D eigenvalue weighted by Gasteiger charge is 2.25. The Morgan fingerprint density at radius 2 is 1.72 bits per heavy atom. The third-order valence-electron chi connectivity index (χ3n) is 4.43. The molecule has 1 aliphatic rings. The van der Waals surface area contributed by atoms with Crippen LogP contribution in [-0.4, -0.2) is 48.9 Å². The van der Waals surface area contributed by atoms with Crippen LogP contribution in [0.3, 0.4) is 0 Å². The molecule has 0 saturated carbocycles. The van der Waals surface area contributed by atoms with Gasteiger partial charge in [0.25, 0.3) is 5.91 Å². The van der Waals surface area contributed by atoms with Gasteiger partial charge in [0.05, 0.1) is 16.9 Å². The van der Waals surface area contributed by atoms with Crippen molar-refractivity contribution in [3.8, 4) is 0 Å². The minimum Gasteiger partial charge on any atom is -0.370 e. The molecule has 1 aliphatic heterocycles. The number of amides is 1. The third kappa shape index (κ3) is 4.94. The van der Waals surface area contributed by atoms with E-state index in [2.05, 4.69) is 9.98 Å². The SMILES string of the molecule is NC(N)=NC(N)=Nc1cc(Cl)ccc1N1CCN(C(=O)c2ccccc2F)CC1.